The molecule has 1 aliphatic rings. The van der Waals surface area contributed by atoms with E-state index in [1.54, 1.807) is 0 Å². The van der Waals surface area contributed by atoms with Gasteiger partial charge in [-0.3, -0.25) is 9.57 Å². The number of hydrogen-bond donors (Lipinski definition) is 5. The van der Waals surface area contributed by atoms with Crippen LogP contribution in [0.5, 0.6) is 5.75 Å². The molecule has 7 nitrogen and oxygen atoms in total. The zero-order valence-electron chi connectivity index (χ0n) is 18.8. The molecule has 0 bridgehead atoms. The van der Waals surface area contributed by atoms with E-state index in [1.165, 1.54) is 11.9 Å². The molecule has 0 saturated carbocycles. The maximum atomic E-state index is 11.6. The van der Waals surface area contributed by atoms with E-state index < -0.39 is 11.3 Å². The van der Waals surface area contributed by atoms with Crippen molar-refractivity contribution in [3.05, 3.63) is 93.2 Å². The van der Waals surface area contributed by atoms with Gasteiger partial charge in [0.25, 0.3) is 5.56 Å². The van der Waals surface area contributed by atoms with E-state index in [0.717, 1.165) is 41.2 Å². The lowest BCUT2D eigenvalue weighted by Crippen LogP contribution is -2.28. The molecule has 2 heterocycles. The Morgan fingerprint density at radius 3 is 2.44 bits per heavy atom. The third-order valence-corrected chi connectivity index (χ3v) is 7.49. The van der Waals surface area contributed by atoms with Gasteiger partial charge in [-0.25, -0.2) is 4.98 Å². The van der Waals surface area contributed by atoms with Gasteiger partial charge in [-0.2, -0.15) is 0 Å². The fourth-order valence-corrected chi connectivity index (χ4v) is 5.41. The van der Waals surface area contributed by atoms with Crippen LogP contribution in [0.1, 0.15) is 40.3 Å². The summed E-state index contributed by atoms with van der Waals surface area (Å²) in [6, 6.07) is 16.3. The first kappa shape index (κ1) is 23.9. The van der Waals surface area contributed by atoms with Crippen molar-refractivity contribution >= 4 is 10.7 Å². The van der Waals surface area contributed by atoms with Crippen molar-refractivity contribution in [2.45, 2.75) is 31.3 Å². The van der Waals surface area contributed by atoms with Crippen molar-refractivity contribution in [2.24, 2.45) is 0 Å². The van der Waals surface area contributed by atoms with Crippen LogP contribution in [-0.4, -0.2) is 44.3 Å². The van der Waals surface area contributed by atoms with E-state index in [-0.39, 0.29) is 35.3 Å². The van der Waals surface area contributed by atoms with Crippen molar-refractivity contribution < 1.29 is 10.2 Å². The average Bonchev–Trinajstić information content (AvgIpc) is 3.28. The van der Waals surface area contributed by atoms with Crippen molar-refractivity contribution in [3.8, 4) is 17.6 Å². The molecular formula is C26H28N4O3S. The number of aromatic amines is 1. The van der Waals surface area contributed by atoms with Crippen molar-refractivity contribution in [1.82, 2.24) is 15.3 Å². The van der Waals surface area contributed by atoms with Crippen LogP contribution in [0.2, 0.25) is 0 Å². The van der Waals surface area contributed by atoms with Crippen molar-refractivity contribution in [3.63, 3.8) is 0 Å². The molecule has 8 heteroatoms. The van der Waals surface area contributed by atoms with Crippen LogP contribution in [0.15, 0.2) is 59.7 Å². The zero-order valence-corrected chi connectivity index (χ0v) is 19.6. The highest BCUT2D eigenvalue weighted by molar-refractivity contribution is 7.86. The van der Waals surface area contributed by atoms with Crippen molar-refractivity contribution in [1.29, 1.82) is 4.78 Å². The summed E-state index contributed by atoms with van der Waals surface area (Å²) in [5.74, 6) is 7.63. The molecule has 3 unspecified atom stereocenters. The molecule has 0 aliphatic carbocycles. The Kier molecular flexibility index (Phi) is 7.91. The van der Waals surface area contributed by atoms with E-state index in [2.05, 4.69) is 39.3 Å². The summed E-state index contributed by atoms with van der Waals surface area (Å²) in [7, 11) is -0.170. The lowest BCUT2D eigenvalue weighted by Gasteiger charge is -2.14. The summed E-state index contributed by atoms with van der Waals surface area (Å²) in [5, 5.41) is 23.3. The minimum Gasteiger partial charge on any atom is -0.502 e. The topological polar surface area (TPSA) is 122 Å². The van der Waals surface area contributed by atoms with E-state index in [0.29, 0.717) is 6.04 Å². The summed E-state index contributed by atoms with van der Waals surface area (Å²) in [6.07, 6.45) is 2.60. The summed E-state index contributed by atoms with van der Waals surface area (Å²) in [5.41, 5.74) is 3.55. The molecular weight excluding hydrogens is 448 g/mol. The Labute approximate surface area is 201 Å². The molecule has 0 spiro atoms. The zero-order chi connectivity index (χ0) is 23.9. The Morgan fingerprint density at radius 2 is 1.82 bits per heavy atom. The summed E-state index contributed by atoms with van der Waals surface area (Å²) < 4.78 is 7.83. The molecule has 0 radical (unpaired) electrons. The van der Waals surface area contributed by atoms with Crippen molar-refractivity contribution in [2.75, 3.05) is 18.1 Å². The molecule has 34 heavy (non-hydrogen) atoms. The third kappa shape index (κ3) is 6.20. The molecule has 5 N–H and O–H groups in total. The number of aromatic hydroxyl groups is 1. The molecule has 2 aromatic carbocycles. The van der Waals surface area contributed by atoms with Crippen LogP contribution in [0, 0.1) is 16.6 Å². The van der Waals surface area contributed by atoms with Gasteiger partial charge in [0.1, 0.15) is 0 Å². The summed E-state index contributed by atoms with van der Waals surface area (Å²) >= 11 is 0. The highest BCUT2D eigenvalue weighted by Gasteiger charge is 2.18. The number of aliphatic hydroxyl groups is 1. The predicted octanol–water partition coefficient (Wildman–Crippen LogP) is 2.44. The third-order valence-electron chi connectivity index (χ3n) is 5.96. The molecule has 3 atom stereocenters. The van der Waals surface area contributed by atoms with Gasteiger partial charge < -0.3 is 20.5 Å². The van der Waals surface area contributed by atoms with Gasteiger partial charge in [-0.05, 0) is 41.8 Å². The Hall–Kier alpha value is -3.25. The summed E-state index contributed by atoms with van der Waals surface area (Å²) in [6.45, 7) is 0.679. The maximum absolute atomic E-state index is 11.6. The van der Waals surface area contributed by atoms with Gasteiger partial charge in [0.05, 0.1) is 18.6 Å². The van der Waals surface area contributed by atoms with Gasteiger partial charge in [0.15, 0.2) is 0 Å². The molecule has 4 rings (SSSR count). The Morgan fingerprint density at radius 1 is 1.15 bits per heavy atom. The molecule has 1 aliphatic heterocycles. The number of hydrogen-bond acceptors (Lipinski definition) is 6. The highest BCUT2D eigenvalue weighted by Crippen LogP contribution is 2.22. The molecule has 3 aromatic rings. The van der Waals surface area contributed by atoms with Crippen LogP contribution in [0.3, 0.4) is 0 Å². The van der Waals surface area contributed by atoms with Crippen LogP contribution in [0.4, 0.5) is 0 Å². The second-order valence-electron chi connectivity index (χ2n) is 8.41. The first-order valence-electron chi connectivity index (χ1n) is 11.2. The molecule has 1 saturated heterocycles. The highest BCUT2D eigenvalue weighted by atomic mass is 32.2. The van der Waals surface area contributed by atoms with Gasteiger partial charge >= 0.3 is 0 Å². The predicted molar refractivity (Wildman–Crippen MR) is 134 cm³/mol. The summed E-state index contributed by atoms with van der Waals surface area (Å²) in [4.78, 5) is 17.9. The number of aromatic nitrogens is 2. The largest absolute Gasteiger partial charge is 0.502 e. The van der Waals surface area contributed by atoms with Crippen LogP contribution in [-0.2, 0) is 23.7 Å². The number of H-pyrrole nitrogens is 1. The van der Waals surface area contributed by atoms with Gasteiger partial charge in [0, 0.05) is 47.6 Å². The van der Waals surface area contributed by atoms with Crippen LogP contribution < -0.4 is 10.9 Å². The fraction of sp³-hybridized carbons (Fsp3) is 0.308. The number of rotatable bonds is 7. The van der Waals surface area contributed by atoms with Gasteiger partial charge in [-0.1, -0.05) is 36.1 Å². The van der Waals surface area contributed by atoms with E-state index in [4.69, 9.17) is 4.78 Å². The number of benzene rings is 2. The molecule has 1 aromatic heterocycles. The fourth-order valence-electron chi connectivity index (χ4n) is 3.91. The lowest BCUT2D eigenvalue weighted by atomic mass is 9.94. The van der Waals surface area contributed by atoms with E-state index >= 15 is 0 Å². The lowest BCUT2D eigenvalue weighted by molar-refractivity contribution is 0.263. The first-order chi connectivity index (χ1) is 16.5. The van der Waals surface area contributed by atoms with E-state index in [9.17, 15) is 15.0 Å². The van der Waals surface area contributed by atoms with Crippen LogP contribution >= 0.6 is 0 Å². The number of aliphatic hydroxyl groups excluding tert-OH is 1. The maximum Gasteiger partial charge on any atom is 0.293 e. The minimum atomic E-state index is -0.590. The quantitative estimate of drug-likeness (QED) is 0.335. The normalized spacial score (nSPS) is 18.3. The minimum absolute atomic E-state index is 0.134. The van der Waals surface area contributed by atoms with Gasteiger partial charge in [0.2, 0.25) is 5.75 Å². The number of nitrogens with one attached hydrogen (secondary N) is 3. The average molecular weight is 477 g/mol. The SMILES string of the molecule is N=S1CCC(NCc2ccc(C#Cc3ccc(C(CO)Cc4nc[nH]c(=O)c4O)cc3)cc2)C1. The first-order valence-corrected chi connectivity index (χ1v) is 12.8. The second kappa shape index (κ2) is 11.3. The van der Waals surface area contributed by atoms with E-state index in [1.807, 2.05) is 36.4 Å². The second-order valence-corrected chi connectivity index (χ2v) is 10.1. The molecule has 176 valence electrons. The smallest absolute Gasteiger partial charge is 0.293 e. The monoisotopic (exact) mass is 476 g/mol. The number of nitrogens with zero attached hydrogens (tertiary/aromatic N) is 1. The van der Waals surface area contributed by atoms with Gasteiger partial charge in [-0.15, -0.1) is 10.7 Å². The van der Waals surface area contributed by atoms with Crippen LogP contribution in [0.25, 0.3) is 0 Å². The Balaban J connectivity index is 1.36. The standard InChI is InChI=1S/C26H28N4O3S/c27-34-12-11-23(16-34)28-14-20-5-3-18(4-6-20)1-2-19-7-9-21(10-8-19)22(15-31)13-24-25(32)26(33)30-17-29-24/h3-10,17,22-23,27-28,31-32H,11-16H2,(H,29,30,33). The molecule has 0 amide bonds. The Bertz CT molecular complexity index is 1260. The molecule has 1 fully saturated rings.